The van der Waals surface area contributed by atoms with Crippen LogP contribution in [0.5, 0.6) is 0 Å². The Hall–Kier alpha value is -0.730. The van der Waals surface area contributed by atoms with Crippen LogP contribution < -0.4 is 5.32 Å². The summed E-state index contributed by atoms with van der Waals surface area (Å²) in [4.78, 5) is 12.1. The molecule has 0 aliphatic carbocycles. The fraction of sp³-hybridized carbons (Fsp3) is 0.533. The summed E-state index contributed by atoms with van der Waals surface area (Å²) in [7, 11) is 0. The smallest absolute Gasteiger partial charge is 0.252 e. The normalized spacial score (nSPS) is 11.4. The summed E-state index contributed by atoms with van der Waals surface area (Å²) in [6, 6.07) is 5.45. The Balaban J connectivity index is 2.60. The molecule has 1 rings (SSSR count). The van der Waals surface area contributed by atoms with Crippen LogP contribution >= 0.6 is 23.2 Å². The topological polar surface area (TPSA) is 29.1 Å². The molecule has 0 fully saturated rings. The first-order valence-electron chi connectivity index (χ1n) is 6.46. The molecule has 19 heavy (non-hydrogen) atoms. The third-order valence-corrected chi connectivity index (χ3v) is 3.66. The number of amides is 1. The predicted octanol–water partition coefficient (Wildman–Crippen LogP) is 4.42. The molecular formula is C15H21Cl2NO. The SMILES string of the molecule is Cc1ccc(C(=O)NCC(C)(C)CCCCl)c(Cl)c1. The first-order valence-corrected chi connectivity index (χ1v) is 7.37. The van der Waals surface area contributed by atoms with E-state index in [1.807, 2.05) is 13.0 Å². The van der Waals surface area contributed by atoms with Crippen molar-refractivity contribution in [1.82, 2.24) is 5.32 Å². The van der Waals surface area contributed by atoms with E-state index in [1.54, 1.807) is 12.1 Å². The van der Waals surface area contributed by atoms with Crippen molar-refractivity contribution < 1.29 is 4.79 Å². The molecule has 0 aliphatic heterocycles. The van der Waals surface area contributed by atoms with Crippen LogP contribution in [0.1, 0.15) is 42.6 Å². The van der Waals surface area contributed by atoms with Crippen LogP contribution in [0, 0.1) is 12.3 Å². The van der Waals surface area contributed by atoms with Gasteiger partial charge in [-0.05, 0) is 42.9 Å². The van der Waals surface area contributed by atoms with E-state index in [0.29, 0.717) is 23.0 Å². The second-order valence-electron chi connectivity index (χ2n) is 5.62. The molecule has 1 aromatic carbocycles. The molecule has 106 valence electrons. The third-order valence-electron chi connectivity index (χ3n) is 3.08. The zero-order valence-electron chi connectivity index (χ0n) is 11.7. The van der Waals surface area contributed by atoms with Crippen LogP contribution in [-0.4, -0.2) is 18.3 Å². The summed E-state index contributed by atoms with van der Waals surface area (Å²) in [5.41, 5.74) is 1.62. The van der Waals surface area contributed by atoms with Crippen molar-refractivity contribution in [1.29, 1.82) is 0 Å². The van der Waals surface area contributed by atoms with E-state index < -0.39 is 0 Å². The molecule has 0 saturated carbocycles. The molecule has 1 amide bonds. The quantitative estimate of drug-likeness (QED) is 0.774. The Morgan fingerprint density at radius 3 is 2.63 bits per heavy atom. The van der Waals surface area contributed by atoms with Gasteiger partial charge in [0.1, 0.15) is 0 Å². The van der Waals surface area contributed by atoms with Gasteiger partial charge in [-0.25, -0.2) is 0 Å². The number of hydrogen-bond donors (Lipinski definition) is 1. The number of hydrogen-bond acceptors (Lipinski definition) is 1. The highest BCUT2D eigenvalue weighted by Crippen LogP contribution is 2.22. The van der Waals surface area contributed by atoms with Crippen molar-refractivity contribution in [2.45, 2.75) is 33.6 Å². The highest BCUT2D eigenvalue weighted by molar-refractivity contribution is 6.33. The van der Waals surface area contributed by atoms with Crippen LogP contribution in [-0.2, 0) is 0 Å². The van der Waals surface area contributed by atoms with Crippen LogP contribution in [0.25, 0.3) is 0 Å². The largest absolute Gasteiger partial charge is 0.351 e. The van der Waals surface area contributed by atoms with E-state index in [2.05, 4.69) is 19.2 Å². The number of alkyl halides is 1. The molecule has 0 unspecified atom stereocenters. The van der Waals surface area contributed by atoms with Gasteiger partial charge in [0.05, 0.1) is 10.6 Å². The van der Waals surface area contributed by atoms with Crippen LogP contribution in [0.3, 0.4) is 0 Å². The molecule has 0 atom stereocenters. The molecule has 0 bridgehead atoms. The summed E-state index contributed by atoms with van der Waals surface area (Å²) in [5, 5.41) is 3.44. The van der Waals surface area contributed by atoms with Gasteiger partial charge in [0.2, 0.25) is 0 Å². The molecule has 0 aromatic heterocycles. The molecule has 1 N–H and O–H groups in total. The monoisotopic (exact) mass is 301 g/mol. The number of carbonyl (C=O) groups is 1. The lowest BCUT2D eigenvalue weighted by Gasteiger charge is -2.24. The maximum Gasteiger partial charge on any atom is 0.252 e. The lowest BCUT2D eigenvalue weighted by molar-refractivity contribution is 0.0934. The van der Waals surface area contributed by atoms with Crippen LogP contribution in [0.15, 0.2) is 18.2 Å². The van der Waals surface area contributed by atoms with E-state index in [0.717, 1.165) is 18.4 Å². The molecule has 1 aromatic rings. The van der Waals surface area contributed by atoms with Crippen molar-refractivity contribution in [3.05, 3.63) is 34.3 Å². The van der Waals surface area contributed by atoms with Crippen molar-refractivity contribution in [3.63, 3.8) is 0 Å². The Labute approximate surface area is 125 Å². The predicted molar refractivity (Wildman–Crippen MR) is 82.3 cm³/mol. The van der Waals surface area contributed by atoms with E-state index >= 15 is 0 Å². The Kier molecular flexibility index (Phi) is 6.15. The Morgan fingerprint density at radius 1 is 1.37 bits per heavy atom. The van der Waals surface area contributed by atoms with Gasteiger partial charge in [-0.2, -0.15) is 0 Å². The van der Waals surface area contributed by atoms with Gasteiger partial charge in [-0.3, -0.25) is 4.79 Å². The Bertz CT molecular complexity index is 444. The Morgan fingerprint density at radius 2 is 2.05 bits per heavy atom. The fourth-order valence-electron chi connectivity index (χ4n) is 1.85. The highest BCUT2D eigenvalue weighted by atomic mass is 35.5. The number of rotatable bonds is 6. The highest BCUT2D eigenvalue weighted by Gasteiger charge is 2.19. The number of aryl methyl sites for hydroxylation is 1. The van der Waals surface area contributed by atoms with Crippen LogP contribution in [0.2, 0.25) is 5.02 Å². The van der Waals surface area contributed by atoms with Gasteiger partial charge in [0.15, 0.2) is 0 Å². The summed E-state index contributed by atoms with van der Waals surface area (Å²) in [5.74, 6) is 0.533. The minimum atomic E-state index is -0.121. The lowest BCUT2D eigenvalue weighted by atomic mass is 9.88. The molecule has 0 saturated heterocycles. The maximum atomic E-state index is 12.1. The molecule has 0 radical (unpaired) electrons. The summed E-state index contributed by atoms with van der Waals surface area (Å²) in [6.07, 6.45) is 1.94. The molecule has 0 heterocycles. The zero-order chi connectivity index (χ0) is 14.5. The average molecular weight is 302 g/mol. The van der Waals surface area contributed by atoms with E-state index in [1.165, 1.54) is 0 Å². The van der Waals surface area contributed by atoms with Gasteiger partial charge in [0.25, 0.3) is 5.91 Å². The number of carbonyl (C=O) groups excluding carboxylic acids is 1. The molecule has 0 aliphatic rings. The second-order valence-corrected chi connectivity index (χ2v) is 6.41. The molecule has 4 heteroatoms. The zero-order valence-corrected chi connectivity index (χ0v) is 13.2. The van der Waals surface area contributed by atoms with E-state index in [9.17, 15) is 4.79 Å². The van der Waals surface area contributed by atoms with Crippen molar-refractivity contribution in [2.75, 3.05) is 12.4 Å². The molecule has 0 spiro atoms. The lowest BCUT2D eigenvalue weighted by Crippen LogP contribution is -2.34. The molecule has 2 nitrogen and oxygen atoms in total. The first kappa shape index (κ1) is 16.3. The minimum Gasteiger partial charge on any atom is -0.351 e. The standard InChI is InChI=1S/C15H21Cl2NO/c1-11-5-6-12(13(17)9-11)14(19)18-10-15(2,3)7-4-8-16/h5-6,9H,4,7-8,10H2,1-3H3,(H,18,19). The third kappa shape index (κ3) is 5.42. The molecular weight excluding hydrogens is 281 g/mol. The number of nitrogens with one attached hydrogen (secondary N) is 1. The number of benzene rings is 1. The van der Waals surface area contributed by atoms with Crippen molar-refractivity contribution in [3.8, 4) is 0 Å². The fourth-order valence-corrected chi connectivity index (χ4v) is 2.31. The number of halogens is 2. The minimum absolute atomic E-state index is 0.0434. The van der Waals surface area contributed by atoms with Crippen molar-refractivity contribution >= 4 is 29.1 Å². The van der Waals surface area contributed by atoms with Gasteiger partial charge in [-0.15, -0.1) is 11.6 Å². The van der Waals surface area contributed by atoms with Gasteiger partial charge < -0.3 is 5.32 Å². The van der Waals surface area contributed by atoms with Gasteiger partial charge in [-0.1, -0.05) is 31.5 Å². The van der Waals surface area contributed by atoms with E-state index in [4.69, 9.17) is 23.2 Å². The summed E-state index contributed by atoms with van der Waals surface area (Å²) < 4.78 is 0. The average Bonchev–Trinajstić information content (AvgIpc) is 2.34. The maximum absolute atomic E-state index is 12.1. The summed E-state index contributed by atoms with van der Waals surface area (Å²) >= 11 is 11.8. The van der Waals surface area contributed by atoms with Gasteiger partial charge in [0, 0.05) is 12.4 Å². The van der Waals surface area contributed by atoms with E-state index in [-0.39, 0.29) is 11.3 Å². The first-order chi connectivity index (χ1) is 8.85. The second kappa shape index (κ2) is 7.16. The van der Waals surface area contributed by atoms with Gasteiger partial charge >= 0.3 is 0 Å². The van der Waals surface area contributed by atoms with Crippen molar-refractivity contribution in [2.24, 2.45) is 5.41 Å². The van der Waals surface area contributed by atoms with Crippen LogP contribution in [0.4, 0.5) is 0 Å². The summed E-state index contributed by atoms with van der Waals surface area (Å²) in [6.45, 7) is 6.81.